The fraction of sp³-hybridized carbons (Fsp3) is 0.375. The van der Waals surface area contributed by atoms with Gasteiger partial charge in [0.25, 0.3) is 0 Å². The number of nitrogens with zero attached hydrogens (tertiary/aromatic N) is 2. The summed E-state index contributed by atoms with van der Waals surface area (Å²) in [6.45, 7) is 2.42. The molecule has 0 spiro atoms. The molecule has 1 saturated heterocycles. The summed E-state index contributed by atoms with van der Waals surface area (Å²) >= 11 is 1.47. The normalized spacial score (nSPS) is 19.1. The van der Waals surface area contributed by atoms with Crippen molar-refractivity contribution in [3.8, 4) is 0 Å². The van der Waals surface area contributed by atoms with Gasteiger partial charge in [-0.2, -0.15) is 0 Å². The molecule has 5 nitrogen and oxygen atoms in total. The molecule has 0 saturated carbocycles. The smallest absolute Gasteiger partial charge is 0.242 e. The van der Waals surface area contributed by atoms with Crippen LogP contribution in [0.25, 0.3) is 5.70 Å². The molecular formula is C16H18N2O3S. The second kappa shape index (κ2) is 6.98. The summed E-state index contributed by atoms with van der Waals surface area (Å²) in [6.07, 6.45) is 0. The van der Waals surface area contributed by atoms with Crippen LogP contribution in [0.1, 0.15) is 5.56 Å². The first kappa shape index (κ1) is 15.1. The molecule has 3 rings (SSSR count). The number of rotatable bonds is 3. The van der Waals surface area contributed by atoms with E-state index in [0.29, 0.717) is 32.1 Å². The third-order valence-corrected chi connectivity index (χ3v) is 4.52. The third-order valence-electron chi connectivity index (χ3n) is 3.72. The number of amides is 2. The Bertz CT molecular complexity index is 582. The molecule has 2 heterocycles. The van der Waals surface area contributed by atoms with Crippen molar-refractivity contribution < 1.29 is 14.3 Å². The van der Waals surface area contributed by atoms with Gasteiger partial charge in [0.05, 0.1) is 24.7 Å². The molecule has 0 N–H and O–H groups in total. The van der Waals surface area contributed by atoms with Crippen LogP contribution in [0.4, 0.5) is 0 Å². The Labute approximate surface area is 133 Å². The van der Waals surface area contributed by atoms with Crippen LogP contribution in [0.15, 0.2) is 35.7 Å². The highest BCUT2D eigenvalue weighted by atomic mass is 32.2. The van der Waals surface area contributed by atoms with Crippen LogP contribution in [0.5, 0.6) is 0 Å². The molecule has 2 aliphatic heterocycles. The summed E-state index contributed by atoms with van der Waals surface area (Å²) in [7, 11) is 0. The van der Waals surface area contributed by atoms with Gasteiger partial charge in [-0.15, -0.1) is 11.8 Å². The summed E-state index contributed by atoms with van der Waals surface area (Å²) < 4.78 is 5.26. The van der Waals surface area contributed by atoms with Crippen LogP contribution in [-0.2, 0) is 14.3 Å². The van der Waals surface area contributed by atoms with Crippen molar-refractivity contribution in [3.63, 3.8) is 0 Å². The zero-order valence-electron chi connectivity index (χ0n) is 12.2. The van der Waals surface area contributed by atoms with Crippen molar-refractivity contribution in [1.82, 2.24) is 9.80 Å². The van der Waals surface area contributed by atoms with Gasteiger partial charge in [-0.25, -0.2) is 0 Å². The van der Waals surface area contributed by atoms with E-state index >= 15 is 0 Å². The average Bonchev–Trinajstić information content (AvgIpc) is 2.58. The predicted molar refractivity (Wildman–Crippen MR) is 86.0 cm³/mol. The summed E-state index contributed by atoms with van der Waals surface area (Å²) in [6, 6.07) is 9.71. The van der Waals surface area contributed by atoms with E-state index in [1.54, 1.807) is 9.80 Å². The number of hydrogen-bond acceptors (Lipinski definition) is 4. The van der Waals surface area contributed by atoms with Gasteiger partial charge in [-0.1, -0.05) is 30.3 Å². The lowest BCUT2D eigenvalue weighted by Crippen LogP contribution is -2.47. The summed E-state index contributed by atoms with van der Waals surface area (Å²) in [4.78, 5) is 28.1. The Morgan fingerprint density at radius 1 is 1.18 bits per heavy atom. The fourth-order valence-electron chi connectivity index (χ4n) is 2.52. The lowest BCUT2D eigenvalue weighted by Gasteiger charge is -2.32. The summed E-state index contributed by atoms with van der Waals surface area (Å²) in [5, 5.41) is 1.96. The first-order chi connectivity index (χ1) is 10.8. The number of carbonyl (C=O) groups is 2. The molecule has 1 aromatic carbocycles. The van der Waals surface area contributed by atoms with Crippen molar-refractivity contribution in [2.75, 3.05) is 38.6 Å². The van der Waals surface area contributed by atoms with Gasteiger partial charge < -0.3 is 14.5 Å². The highest BCUT2D eigenvalue weighted by Gasteiger charge is 2.27. The molecule has 6 heteroatoms. The zero-order chi connectivity index (χ0) is 15.4. The van der Waals surface area contributed by atoms with E-state index in [4.69, 9.17) is 4.74 Å². The number of hydrogen-bond donors (Lipinski definition) is 0. The van der Waals surface area contributed by atoms with E-state index in [1.165, 1.54) is 11.8 Å². The highest BCUT2D eigenvalue weighted by Crippen LogP contribution is 2.28. The van der Waals surface area contributed by atoms with Crippen LogP contribution in [0.2, 0.25) is 0 Å². The molecule has 1 fully saturated rings. The number of benzene rings is 1. The maximum atomic E-state index is 12.4. The predicted octanol–water partition coefficient (Wildman–Crippen LogP) is 1.42. The average molecular weight is 318 g/mol. The topological polar surface area (TPSA) is 49.9 Å². The molecule has 0 unspecified atom stereocenters. The van der Waals surface area contributed by atoms with Gasteiger partial charge in [0.2, 0.25) is 11.8 Å². The van der Waals surface area contributed by atoms with Crippen LogP contribution >= 0.6 is 11.8 Å². The van der Waals surface area contributed by atoms with Crippen molar-refractivity contribution in [3.05, 3.63) is 41.3 Å². The zero-order valence-corrected chi connectivity index (χ0v) is 13.1. The van der Waals surface area contributed by atoms with Crippen molar-refractivity contribution in [2.24, 2.45) is 0 Å². The van der Waals surface area contributed by atoms with Crippen LogP contribution in [-0.4, -0.2) is 60.2 Å². The number of morpholine rings is 1. The standard InChI is InChI=1S/C16H18N2O3S/c19-15(17-6-8-21-9-7-17)10-18-14(11-22-12-16(18)20)13-4-2-1-3-5-13/h1-5,11H,6-10,12H2. The van der Waals surface area contributed by atoms with Crippen LogP contribution in [0.3, 0.4) is 0 Å². The number of thioether (sulfide) groups is 1. The van der Waals surface area contributed by atoms with Gasteiger partial charge >= 0.3 is 0 Å². The van der Waals surface area contributed by atoms with Gasteiger partial charge in [0.15, 0.2) is 0 Å². The molecule has 0 aliphatic carbocycles. The minimum Gasteiger partial charge on any atom is -0.378 e. The Morgan fingerprint density at radius 3 is 2.64 bits per heavy atom. The summed E-state index contributed by atoms with van der Waals surface area (Å²) in [5.74, 6) is 0.338. The molecule has 0 atom stereocenters. The monoisotopic (exact) mass is 318 g/mol. The van der Waals surface area contributed by atoms with Crippen molar-refractivity contribution >= 4 is 29.3 Å². The quantitative estimate of drug-likeness (QED) is 0.846. The van der Waals surface area contributed by atoms with Gasteiger partial charge in [0.1, 0.15) is 6.54 Å². The molecule has 0 aromatic heterocycles. The summed E-state index contributed by atoms with van der Waals surface area (Å²) in [5.41, 5.74) is 1.77. The first-order valence-corrected chi connectivity index (χ1v) is 8.33. The van der Waals surface area contributed by atoms with Crippen LogP contribution in [0, 0.1) is 0 Å². The maximum absolute atomic E-state index is 12.4. The lowest BCUT2D eigenvalue weighted by molar-refractivity contribution is -0.139. The molecular weight excluding hydrogens is 300 g/mol. The second-order valence-electron chi connectivity index (χ2n) is 5.15. The molecule has 2 aliphatic rings. The molecule has 0 bridgehead atoms. The van der Waals surface area contributed by atoms with E-state index in [0.717, 1.165) is 11.3 Å². The van der Waals surface area contributed by atoms with Gasteiger partial charge in [-0.05, 0) is 11.0 Å². The third kappa shape index (κ3) is 3.34. The number of carbonyl (C=O) groups excluding carboxylic acids is 2. The molecule has 2 amide bonds. The lowest BCUT2D eigenvalue weighted by atomic mass is 10.1. The van der Waals surface area contributed by atoms with Crippen molar-refractivity contribution in [2.45, 2.75) is 0 Å². The SMILES string of the molecule is O=C(CN1C(=O)CSC=C1c1ccccc1)N1CCOCC1. The Hall–Kier alpha value is -1.79. The van der Waals surface area contributed by atoms with Gasteiger partial charge in [0, 0.05) is 13.1 Å². The van der Waals surface area contributed by atoms with Crippen molar-refractivity contribution in [1.29, 1.82) is 0 Å². The number of ether oxygens (including phenoxy) is 1. The molecule has 0 radical (unpaired) electrons. The molecule has 1 aromatic rings. The largest absolute Gasteiger partial charge is 0.378 e. The minimum atomic E-state index is -0.0228. The van der Waals surface area contributed by atoms with E-state index in [-0.39, 0.29) is 18.4 Å². The fourth-order valence-corrected chi connectivity index (χ4v) is 3.32. The van der Waals surface area contributed by atoms with E-state index in [9.17, 15) is 9.59 Å². The Balaban J connectivity index is 1.77. The maximum Gasteiger partial charge on any atom is 0.242 e. The van der Waals surface area contributed by atoms with Gasteiger partial charge in [-0.3, -0.25) is 9.59 Å². The van der Waals surface area contributed by atoms with E-state index in [1.807, 2.05) is 35.7 Å². The highest BCUT2D eigenvalue weighted by molar-refractivity contribution is 8.03. The Kier molecular flexibility index (Phi) is 4.80. The van der Waals surface area contributed by atoms with E-state index in [2.05, 4.69) is 0 Å². The minimum absolute atomic E-state index is 0.0204. The molecule has 22 heavy (non-hydrogen) atoms. The Morgan fingerprint density at radius 2 is 1.91 bits per heavy atom. The first-order valence-electron chi connectivity index (χ1n) is 7.29. The van der Waals surface area contributed by atoms with Crippen LogP contribution < -0.4 is 0 Å². The second-order valence-corrected chi connectivity index (χ2v) is 6.01. The molecule has 116 valence electrons. The van der Waals surface area contributed by atoms with E-state index < -0.39 is 0 Å².